The van der Waals surface area contributed by atoms with Crippen LogP contribution in [0.1, 0.15) is 24.1 Å². The number of nitrogens with one attached hydrogen (secondary N) is 1. The highest BCUT2D eigenvalue weighted by atomic mass is 35.5. The third-order valence-electron chi connectivity index (χ3n) is 3.81. The van der Waals surface area contributed by atoms with Crippen LogP contribution in [-0.2, 0) is 12.7 Å². The first-order valence-corrected chi connectivity index (χ1v) is 7.98. The van der Waals surface area contributed by atoms with Crippen molar-refractivity contribution in [3.63, 3.8) is 0 Å². The van der Waals surface area contributed by atoms with Gasteiger partial charge in [-0.15, -0.1) is 0 Å². The lowest BCUT2D eigenvalue weighted by Gasteiger charge is -2.18. The number of benzene rings is 1. The Hall–Kier alpha value is -1.86. The molecule has 0 aliphatic carbocycles. The van der Waals surface area contributed by atoms with E-state index in [0.29, 0.717) is 10.7 Å². The molecule has 0 atom stereocenters. The predicted octanol–water partition coefficient (Wildman–Crippen LogP) is 4.49. The van der Waals surface area contributed by atoms with Gasteiger partial charge in [-0.25, -0.2) is 9.97 Å². The van der Waals surface area contributed by atoms with Crippen molar-refractivity contribution in [2.45, 2.75) is 25.6 Å². The second-order valence-corrected chi connectivity index (χ2v) is 6.12. The molecule has 2 heterocycles. The Kier molecular flexibility index (Phi) is 4.91. The number of alkyl halides is 3. The highest BCUT2D eigenvalue weighted by molar-refractivity contribution is 6.30. The van der Waals surface area contributed by atoms with Crippen LogP contribution in [0.2, 0.25) is 5.02 Å². The van der Waals surface area contributed by atoms with Crippen molar-refractivity contribution in [3.05, 3.63) is 46.7 Å². The minimum Gasteiger partial charge on any atom is -0.324 e. The highest BCUT2D eigenvalue weighted by Gasteiger charge is 2.36. The molecule has 1 aliphatic heterocycles. The summed E-state index contributed by atoms with van der Waals surface area (Å²) in [6, 6.07) is 6.64. The van der Waals surface area contributed by atoms with E-state index >= 15 is 0 Å². The summed E-state index contributed by atoms with van der Waals surface area (Å²) in [5.74, 6) is -0.102. The lowest BCUT2D eigenvalue weighted by Crippen LogP contribution is -2.23. The first-order valence-electron chi connectivity index (χ1n) is 7.60. The summed E-state index contributed by atoms with van der Waals surface area (Å²) in [6.07, 6.45) is -1.25. The average molecular weight is 357 g/mol. The van der Waals surface area contributed by atoms with E-state index in [-0.39, 0.29) is 18.1 Å². The van der Waals surface area contributed by atoms with Crippen molar-refractivity contribution in [2.75, 3.05) is 18.4 Å². The van der Waals surface area contributed by atoms with Crippen molar-refractivity contribution in [1.29, 1.82) is 0 Å². The largest absolute Gasteiger partial charge is 0.433 e. The molecule has 1 saturated heterocycles. The maximum Gasteiger partial charge on any atom is 0.433 e. The monoisotopic (exact) mass is 356 g/mol. The van der Waals surface area contributed by atoms with Gasteiger partial charge in [0.25, 0.3) is 0 Å². The standard InChI is InChI=1S/C16H16ClF3N4/c17-12-4-3-5-13(8-12)22-15-21-9-11(10-24-6-1-2-7-24)14(23-15)16(18,19)20/h3-5,8-9H,1-2,6-7,10H2,(H,21,22,23). The van der Waals surface area contributed by atoms with Crippen molar-refractivity contribution < 1.29 is 13.2 Å². The van der Waals surface area contributed by atoms with Gasteiger partial charge in [0.15, 0.2) is 5.69 Å². The fourth-order valence-electron chi connectivity index (χ4n) is 2.71. The smallest absolute Gasteiger partial charge is 0.324 e. The Morgan fingerprint density at radius 3 is 2.62 bits per heavy atom. The summed E-state index contributed by atoms with van der Waals surface area (Å²) in [4.78, 5) is 9.71. The maximum atomic E-state index is 13.3. The molecule has 1 aromatic heterocycles. The van der Waals surface area contributed by atoms with Crippen LogP contribution in [0.4, 0.5) is 24.8 Å². The number of rotatable bonds is 4. The second-order valence-electron chi connectivity index (χ2n) is 5.68. The van der Waals surface area contributed by atoms with Crippen LogP contribution in [0.5, 0.6) is 0 Å². The van der Waals surface area contributed by atoms with Gasteiger partial charge in [-0.2, -0.15) is 13.2 Å². The Bertz CT molecular complexity index is 715. The van der Waals surface area contributed by atoms with Gasteiger partial charge >= 0.3 is 6.18 Å². The Labute approximate surface area is 142 Å². The molecule has 0 unspecified atom stereocenters. The van der Waals surface area contributed by atoms with Crippen molar-refractivity contribution in [3.8, 4) is 0 Å². The molecule has 1 aliphatic rings. The number of hydrogen-bond acceptors (Lipinski definition) is 4. The van der Waals surface area contributed by atoms with Crippen molar-refractivity contribution in [1.82, 2.24) is 14.9 Å². The second kappa shape index (κ2) is 6.94. The van der Waals surface area contributed by atoms with Crippen molar-refractivity contribution in [2.24, 2.45) is 0 Å². The number of halogens is 4. The molecular formula is C16H16ClF3N4. The normalized spacial score (nSPS) is 15.7. The van der Waals surface area contributed by atoms with E-state index in [4.69, 9.17) is 11.6 Å². The van der Waals surface area contributed by atoms with E-state index in [0.717, 1.165) is 25.9 Å². The molecule has 8 heteroatoms. The zero-order valence-corrected chi connectivity index (χ0v) is 13.5. The van der Waals surface area contributed by atoms with Crippen LogP contribution in [0.3, 0.4) is 0 Å². The SMILES string of the molecule is FC(F)(F)c1nc(Nc2cccc(Cl)c2)ncc1CN1CCCC1. The fraction of sp³-hybridized carbons (Fsp3) is 0.375. The van der Waals surface area contributed by atoms with E-state index in [1.165, 1.54) is 6.20 Å². The van der Waals surface area contributed by atoms with Gasteiger partial charge in [-0.1, -0.05) is 17.7 Å². The quantitative estimate of drug-likeness (QED) is 0.876. The van der Waals surface area contributed by atoms with Gasteiger partial charge in [0, 0.05) is 29.0 Å². The van der Waals surface area contributed by atoms with Crippen LogP contribution in [0.25, 0.3) is 0 Å². The minimum absolute atomic E-state index is 0.0982. The zero-order valence-electron chi connectivity index (χ0n) is 12.8. The number of anilines is 2. The lowest BCUT2D eigenvalue weighted by molar-refractivity contribution is -0.142. The van der Waals surface area contributed by atoms with E-state index in [1.54, 1.807) is 24.3 Å². The van der Waals surface area contributed by atoms with Gasteiger partial charge in [0.1, 0.15) is 0 Å². The Balaban J connectivity index is 1.86. The third-order valence-corrected chi connectivity index (χ3v) is 4.04. The third kappa shape index (κ3) is 4.15. The van der Waals surface area contributed by atoms with Gasteiger partial charge < -0.3 is 5.32 Å². The lowest BCUT2D eigenvalue weighted by atomic mass is 10.2. The topological polar surface area (TPSA) is 41.1 Å². The molecule has 0 spiro atoms. The molecule has 4 nitrogen and oxygen atoms in total. The van der Waals surface area contributed by atoms with Crippen LogP contribution >= 0.6 is 11.6 Å². The molecular weight excluding hydrogens is 341 g/mol. The van der Waals surface area contributed by atoms with Gasteiger partial charge in [-0.05, 0) is 44.1 Å². The first-order chi connectivity index (χ1) is 11.4. The minimum atomic E-state index is -4.53. The predicted molar refractivity (Wildman–Crippen MR) is 86.3 cm³/mol. The summed E-state index contributed by atoms with van der Waals surface area (Å²) in [6.45, 7) is 1.83. The molecule has 1 N–H and O–H groups in total. The molecule has 0 saturated carbocycles. The molecule has 1 fully saturated rings. The Morgan fingerprint density at radius 2 is 1.96 bits per heavy atom. The zero-order chi connectivity index (χ0) is 17.2. The molecule has 0 amide bonds. The van der Waals surface area contributed by atoms with E-state index in [9.17, 15) is 13.2 Å². The summed E-state index contributed by atoms with van der Waals surface area (Å²) >= 11 is 5.87. The van der Waals surface area contributed by atoms with Crippen molar-refractivity contribution >= 4 is 23.2 Å². The molecule has 24 heavy (non-hydrogen) atoms. The van der Waals surface area contributed by atoms with Crippen LogP contribution in [-0.4, -0.2) is 28.0 Å². The molecule has 0 radical (unpaired) electrons. The van der Waals surface area contributed by atoms with E-state index in [1.807, 2.05) is 4.90 Å². The number of hydrogen-bond donors (Lipinski definition) is 1. The summed E-state index contributed by atoms with van der Waals surface area (Å²) in [5, 5.41) is 3.23. The number of nitrogens with zero attached hydrogens (tertiary/aromatic N) is 3. The van der Waals surface area contributed by atoms with E-state index < -0.39 is 11.9 Å². The average Bonchev–Trinajstić information content (AvgIpc) is 3.01. The molecule has 2 aromatic rings. The number of likely N-dealkylation sites (tertiary alicyclic amines) is 1. The fourth-order valence-corrected chi connectivity index (χ4v) is 2.90. The molecule has 128 valence electrons. The highest BCUT2D eigenvalue weighted by Crippen LogP contribution is 2.32. The first kappa shape index (κ1) is 17.0. The summed E-state index contributed by atoms with van der Waals surface area (Å²) < 4.78 is 40.0. The molecule has 3 rings (SSSR count). The van der Waals surface area contributed by atoms with Gasteiger partial charge in [0.05, 0.1) is 0 Å². The van der Waals surface area contributed by atoms with Gasteiger partial charge in [0.2, 0.25) is 5.95 Å². The Morgan fingerprint density at radius 1 is 1.21 bits per heavy atom. The molecule has 0 bridgehead atoms. The number of aromatic nitrogens is 2. The summed E-state index contributed by atoms with van der Waals surface area (Å²) in [7, 11) is 0. The van der Waals surface area contributed by atoms with Crippen LogP contribution in [0, 0.1) is 0 Å². The molecule has 1 aromatic carbocycles. The van der Waals surface area contributed by atoms with Crippen LogP contribution in [0.15, 0.2) is 30.5 Å². The van der Waals surface area contributed by atoms with Crippen LogP contribution < -0.4 is 5.32 Å². The maximum absolute atomic E-state index is 13.3. The summed E-state index contributed by atoms with van der Waals surface area (Å²) in [5.41, 5.74) is -0.266. The van der Waals surface area contributed by atoms with E-state index in [2.05, 4.69) is 15.3 Å². The van der Waals surface area contributed by atoms with Gasteiger partial charge in [-0.3, -0.25) is 4.90 Å².